The van der Waals surface area contributed by atoms with Crippen LogP contribution in [0.2, 0.25) is 5.02 Å². The Labute approximate surface area is 122 Å². The van der Waals surface area contributed by atoms with Crippen molar-refractivity contribution < 1.29 is 0 Å². The summed E-state index contributed by atoms with van der Waals surface area (Å²) in [7, 11) is 0. The fraction of sp³-hybridized carbons (Fsp3) is 0.0714. The summed E-state index contributed by atoms with van der Waals surface area (Å²) in [5.74, 6) is 0. The average Bonchev–Trinajstić information content (AvgIpc) is 2.91. The molecule has 3 aromatic heterocycles. The Bertz CT molecular complexity index is 1050. The molecule has 0 radical (unpaired) electrons. The molecule has 0 amide bonds. The summed E-state index contributed by atoms with van der Waals surface area (Å²) in [6.45, 7) is 1.92. The van der Waals surface area contributed by atoms with E-state index in [1.807, 2.05) is 24.4 Å². The van der Waals surface area contributed by atoms with Gasteiger partial charge in [0.25, 0.3) is 5.56 Å². The largest absolute Gasteiger partial charge is 0.268 e. The van der Waals surface area contributed by atoms with Gasteiger partial charge in [0, 0.05) is 28.2 Å². The van der Waals surface area contributed by atoms with Crippen LogP contribution in [0, 0.1) is 6.92 Å². The first-order valence-corrected chi connectivity index (χ1v) is 7.26. The van der Waals surface area contributed by atoms with E-state index in [0.29, 0.717) is 20.9 Å². The average molecular weight is 302 g/mol. The maximum absolute atomic E-state index is 12.4. The number of aryl methyl sites for hydroxylation is 1. The van der Waals surface area contributed by atoms with Gasteiger partial charge < -0.3 is 0 Å². The van der Waals surface area contributed by atoms with Gasteiger partial charge in [0.05, 0.1) is 16.4 Å². The second-order valence-electron chi connectivity index (χ2n) is 4.56. The number of hydrogen-bond donors (Lipinski definition) is 0. The van der Waals surface area contributed by atoms with Crippen LogP contribution in [0.15, 0.2) is 34.7 Å². The predicted molar refractivity (Wildman–Crippen MR) is 81.9 cm³/mol. The minimum Gasteiger partial charge on any atom is -0.268 e. The molecule has 20 heavy (non-hydrogen) atoms. The van der Waals surface area contributed by atoms with E-state index in [4.69, 9.17) is 11.6 Å². The number of nitrogens with zero attached hydrogens (tertiary/aromatic N) is 3. The first kappa shape index (κ1) is 11.8. The quantitative estimate of drug-likeness (QED) is 0.468. The van der Waals surface area contributed by atoms with Gasteiger partial charge in [-0.15, -0.1) is 11.3 Å². The molecule has 0 spiro atoms. The van der Waals surface area contributed by atoms with Gasteiger partial charge in [-0.25, -0.2) is 4.98 Å². The fourth-order valence-electron chi connectivity index (χ4n) is 2.38. The first-order valence-electron chi connectivity index (χ1n) is 6.00. The number of aromatic nitrogens is 3. The van der Waals surface area contributed by atoms with E-state index in [1.54, 1.807) is 16.8 Å². The molecule has 0 aliphatic rings. The molecule has 0 saturated carbocycles. The van der Waals surface area contributed by atoms with Gasteiger partial charge in [-0.1, -0.05) is 11.6 Å². The zero-order valence-electron chi connectivity index (χ0n) is 10.4. The van der Waals surface area contributed by atoms with E-state index < -0.39 is 0 Å². The van der Waals surface area contributed by atoms with Crippen LogP contribution >= 0.6 is 22.9 Å². The third kappa shape index (κ3) is 1.44. The monoisotopic (exact) mass is 301 g/mol. The molecule has 6 heteroatoms. The van der Waals surface area contributed by atoms with E-state index in [0.717, 1.165) is 16.5 Å². The Kier molecular flexibility index (Phi) is 2.37. The minimum atomic E-state index is -0.0896. The maximum Gasteiger partial charge on any atom is 0.267 e. The summed E-state index contributed by atoms with van der Waals surface area (Å²) in [5, 5.41) is 3.89. The number of fused-ring (bicyclic) bond motifs is 4. The second kappa shape index (κ2) is 4.01. The SMILES string of the molecule is Cc1c(Cl)ccc2c1ncc1c(=O)n3ccsc3nc12. The molecule has 4 rings (SSSR count). The summed E-state index contributed by atoms with van der Waals surface area (Å²) < 4.78 is 1.54. The summed E-state index contributed by atoms with van der Waals surface area (Å²) in [5.41, 5.74) is 2.28. The number of benzene rings is 1. The Hall–Kier alpha value is -1.98. The van der Waals surface area contributed by atoms with Crippen LogP contribution < -0.4 is 5.56 Å². The standard InChI is InChI=1S/C14H8ClN3OS/c1-7-10(15)3-2-8-11(7)16-6-9-12(8)17-14-18(13(9)19)4-5-20-14/h2-6H,1H3. The van der Waals surface area contributed by atoms with Gasteiger partial charge >= 0.3 is 0 Å². The van der Waals surface area contributed by atoms with E-state index in [2.05, 4.69) is 9.97 Å². The molecule has 0 N–H and O–H groups in total. The summed E-state index contributed by atoms with van der Waals surface area (Å²) >= 11 is 7.56. The Morgan fingerprint density at radius 2 is 2.10 bits per heavy atom. The third-order valence-electron chi connectivity index (χ3n) is 3.44. The molecule has 0 aliphatic heterocycles. The molecular formula is C14H8ClN3OS. The van der Waals surface area contributed by atoms with Crippen molar-refractivity contribution in [2.75, 3.05) is 0 Å². The van der Waals surface area contributed by atoms with E-state index in [-0.39, 0.29) is 5.56 Å². The normalized spacial score (nSPS) is 11.7. The number of pyridine rings is 1. The molecule has 0 fully saturated rings. The van der Waals surface area contributed by atoms with Crippen molar-refractivity contribution in [3.05, 3.63) is 50.8 Å². The molecule has 3 heterocycles. The van der Waals surface area contributed by atoms with Gasteiger partial charge in [0.1, 0.15) is 0 Å². The molecule has 0 bridgehead atoms. The lowest BCUT2D eigenvalue weighted by Gasteiger charge is -2.06. The van der Waals surface area contributed by atoms with E-state index in [1.165, 1.54) is 11.3 Å². The summed E-state index contributed by atoms with van der Waals surface area (Å²) in [6.07, 6.45) is 3.31. The van der Waals surface area contributed by atoms with Crippen molar-refractivity contribution in [2.24, 2.45) is 0 Å². The van der Waals surface area contributed by atoms with Crippen molar-refractivity contribution >= 4 is 49.7 Å². The van der Waals surface area contributed by atoms with Crippen LogP contribution in [0.5, 0.6) is 0 Å². The van der Waals surface area contributed by atoms with Crippen LogP contribution in [0.4, 0.5) is 0 Å². The molecule has 4 nitrogen and oxygen atoms in total. The summed E-state index contributed by atoms with van der Waals surface area (Å²) in [6, 6.07) is 3.69. The highest BCUT2D eigenvalue weighted by Crippen LogP contribution is 2.27. The van der Waals surface area contributed by atoms with Crippen LogP contribution in [-0.2, 0) is 0 Å². The molecule has 98 valence electrons. The molecule has 0 atom stereocenters. The van der Waals surface area contributed by atoms with Gasteiger partial charge in [-0.2, -0.15) is 0 Å². The number of rotatable bonds is 0. The lowest BCUT2D eigenvalue weighted by Crippen LogP contribution is -2.13. The number of hydrogen-bond acceptors (Lipinski definition) is 4. The van der Waals surface area contributed by atoms with Gasteiger partial charge in [0.15, 0.2) is 4.96 Å². The van der Waals surface area contributed by atoms with Crippen molar-refractivity contribution in [3.8, 4) is 0 Å². The first-order chi connectivity index (χ1) is 9.66. The van der Waals surface area contributed by atoms with Crippen LogP contribution in [0.25, 0.3) is 26.8 Å². The Balaban J connectivity index is 2.33. The van der Waals surface area contributed by atoms with Gasteiger partial charge in [0.2, 0.25) is 0 Å². The van der Waals surface area contributed by atoms with E-state index in [9.17, 15) is 4.79 Å². The number of halogens is 1. The lowest BCUT2D eigenvalue weighted by molar-refractivity contribution is 1.11. The summed E-state index contributed by atoms with van der Waals surface area (Å²) in [4.78, 5) is 22.1. The van der Waals surface area contributed by atoms with Crippen molar-refractivity contribution in [2.45, 2.75) is 6.92 Å². The minimum absolute atomic E-state index is 0.0896. The zero-order valence-corrected chi connectivity index (χ0v) is 12.0. The Morgan fingerprint density at radius 3 is 2.95 bits per heavy atom. The molecule has 0 saturated heterocycles. The van der Waals surface area contributed by atoms with Crippen LogP contribution in [-0.4, -0.2) is 14.4 Å². The number of thiazole rings is 1. The molecule has 4 aromatic rings. The molecule has 0 aliphatic carbocycles. The maximum atomic E-state index is 12.4. The van der Waals surface area contributed by atoms with Gasteiger partial charge in [-0.3, -0.25) is 14.2 Å². The molecule has 1 aromatic carbocycles. The van der Waals surface area contributed by atoms with Crippen LogP contribution in [0.3, 0.4) is 0 Å². The highest BCUT2D eigenvalue weighted by molar-refractivity contribution is 7.15. The highest BCUT2D eigenvalue weighted by atomic mass is 35.5. The van der Waals surface area contributed by atoms with Crippen molar-refractivity contribution in [1.82, 2.24) is 14.4 Å². The lowest BCUT2D eigenvalue weighted by atomic mass is 10.1. The highest BCUT2D eigenvalue weighted by Gasteiger charge is 2.12. The zero-order chi connectivity index (χ0) is 13.9. The van der Waals surface area contributed by atoms with Crippen LogP contribution in [0.1, 0.15) is 5.56 Å². The second-order valence-corrected chi connectivity index (χ2v) is 5.84. The van der Waals surface area contributed by atoms with Crippen molar-refractivity contribution in [3.63, 3.8) is 0 Å². The Morgan fingerprint density at radius 1 is 1.25 bits per heavy atom. The predicted octanol–water partition coefficient (Wildman–Crippen LogP) is 3.42. The molecule has 0 unspecified atom stereocenters. The van der Waals surface area contributed by atoms with Gasteiger partial charge in [-0.05, 0) is 24.6 Å². The third-order valence-corrected chi connectivity index (χ3v) is 4.61. The fourth-order valence-corrected chi connectivity index (χ4v) is 3.24. The van der Waals surface area contributed by atoms with Crippen molar-refractivity contribution in [1.29, 1.82) is 0 Å². The smallest absolute Gasteiger partial charge is 0.267 e. The molecular weight excluding hydrogens is 294 g/mol. The topological polar surface area (TPSA) is 47.3 Å². The van der Waals surface area contributed by atoms with E-state index >= 15 is 0 Å².